The first-order valence-corrected chi connectivity index (χ1v) is 9.98. The van der Waals surface area contributed by atoms with Crippen LogP contribution in [0.25, 0.3) is 0 Å². The molecule has 0 saturated heterocycles. The summed E-state index contributed by atoms with van der Waals surface area (Å²) in [5.74, 6) is 1.22. The maximum atomic E-state index is 14.3. The third kappa shape index (κ3) is 5.48. The first-order valence-electron chi connectivity index (χ1n) is 9.57. The summed E-state index contributed by atoms with van der Waals surface area (Å²) in [7, 11) is 3.25. The van der Waals surface area contributed by atoms with Crippen LogP contribution in [0.1, 0.15) is 16.7 Å². The lowest BCUT2D eigenvalue weighted by atomic mass is 10.1. The van der Waals surface area contributed by atoms with Crippen LogP contribution in [-0.2, 0) is 13.1 Å². The van der Waals surface area contributed by atoms with E-state index < -0.39 is 0 Å². The van der Waals surface area contributed by atoms with Gasteiger partial charge in [0.2, 0.25) is 0 Å². The highest BCUT2D eigenvalue weighted by atomic mass is 32.1. The Labute approximate surface area is 182 Å². The summed E-state index contributed by atoms with van der Waals surface area (Å²) in [5.41, 5.74) is 3.46. The van der Waals surface area contributed by atoms with E-state index in [1.165, 1.54) is 6.07 Å². The zero-order valence-corrected chi connectivity index (χ0v) is 18.1. The minimum atomic E-state index is -0.256. The van der Waals surface area contributed by atoms with Crippen LogP contribution in [0, 0.1) is 12.7 Å². The van der Waals surface area contributed by atoms with Crippen LogP contribution >= 0.6 is 12.2 Å². The number of aryl methyl sites for hydroxylation is 1. The molecule has 0 unspecified atom stereocenters. The molecule has 3 aromatic carbocycles. The maximum Gasteiger partial charge on any atom is 0.174 e. The van der Waals surface area contributed by atoms with Gasteiger partial charge in [-0.2, -0.15) is 0 Å². The molecule has 0 bridgehead atoms. The van der Waals surface area contributed by atoms with Crippen molar-refractivity contribution in [2.45, 2.75) is 20.0 Å². The van der Waals surface area contributed by atoms with Gasteiger partial charge in [0.05, 0.1) is 19.9 Å². The highest BCUT2D eigenvalue weighted by Crippen LogP contribution is 2.26. The van der Waals surface area contributed by atoms with Crippen molar-refractivity contribution in [2.24, 2.45) is 0 Å². The molecule has 0 aliphatic rings. The number of rotatable bonds is 7. The summed E-state index contributed by atoms with van der Waals surface area (Å²) < 4.78 is 25.0. The van der Waals surface area contributed by atoms with Gasteiger partial charge in [-0.05, 0) is 60.6 Å². The molecule has 0 amide bonds. The highest BCUT2D eigenvalue weighted by Gasteiger charge is 2.15. The second-order valence-corrected chi connectivity index (χ2v) is 7.32. The van der Waals surface area contributed by atoms with E-state index >= 15 is 0 Å². The lowest BCUT2D eigenvalue weighted by Crippen LogP contribution is -2.34. The Kier molecular flexibility index (Phi) is 7.25. The standard InChI is InChI=1S/C24H25FN2O2S/c1-17-8-13-23(29-3)22(14-17)26-24(30)27(16-19-6-4-5-7-21(19)25)15-18-9-11-20(28-2)12-10-18/h4-14H,15-16H2,1-3H3,(H,26,30). The fourth-order valence-corrected chi connectivity index (χ4v) is 3.34. The third-order valence-corrected chi connectivity index (χ3v) is 5.10. The van der Waals surface area contributed by atoms with E-state index in [-0.39, 0.29) is 5.82 Å². The Morgan fingerprint density at radius 2 is 1.70 bits per heavy atom. The Balaban J connectivity index is 1.86. The predicted molar refractivity (Wildman–Crippen MR) is 123 cm³/mol. The van der Waals surface area contributed by atoms with Crippen LogP contribution < -0.4 is 14.8 Å². The maximum absolute atomic E-state index is 14.3. The summed E-state index contributed by atoms with van der Waals surface area (Å²) in [6.07, 6.45) is 0. The number of hydrogen-bond donors (Lipinski definition) is 1. The van der Waals surface area contributed by atoms with Crippen molar-refractivity contribution in [3.63, 3.8) is 0 Å². The molecule has 0 aliphatic heterocycles. The van der Waals surface area contributed by atoms with E-state index in [0.29, 0.717) is 29.5 Å². The van der Waals surface area contributed by atoms with Crippen molar-refractivity contribution in [2.75, 3.05) is 19.5 Å². The van der Waals surface area contributed by atoms with Gasteiger partial charge in [-0.3, -0.25) is 0 Å². The Bertz CT molecular complexity index is 1010. The van der Waals surface area contributed by atoms with Crippen molar-refractivity contribution < 1.29 is 13.9 Å². The summed E-state index contributed by atoms with van der Waals surface area (Å²) >= 11 is 5.71. The molecular formula is C24H25FN2O2S. The first-order chi connectivity index (χ1) is 14.5. The van der Waals surface area contributed by atoms with Crippen molar-refractivity contribution in [1.82, 2.24) is 4.90 Å². The molecule has 30 heavy (non-hydrogen) atoms. The number of nitrogens with zero attached hydrogens (tertiary/aromatic N) is 1. The van der Waals surface area contributed by atoms with Crippen molar-refractivity contribution in [1.29, 1.82) is 0 Å². The third-order valence-electron chi connectivity index (χ3n) is 4.74. The fraction of sp³-hybridized carbons (Fsp3) is 0.208. The Morgan fingerprint density at radius 3 is 2.37 bits per heavy atom. The van der Waals surface area contributed by atoms with E-state index in [4.69, 9.17) is 21.7 Å². The Hall–Kier alpha value is -3.12. The van der Waals surface area contributed by atoms with Crippen LogP contribution in [0.4, 0.5) is 10.1 Å². The van der Waals surface area contributed by atoms with Crippen molar-refractivity contribution in [3.05, 3.63) is 89.2 Å². The molecule has 156 valence electrons. The predicted octanol–water partition coefficient (Wildman–Crippen LogP) is 5.55. The number of anilines is 1. The molecule has 0 atom stereocenters. The van der Waals surface area contributed by atoms with Crippen LogP contribution in [-0.4, -0.2) is 24.2 Å². The second-order valence-electron chi connectivity index (χ2n) is 6.93. The normalized spacial score (nSPS) is 10.4. The van der Waals surface area contributed by atoms with E-state index in [1.807, 2.05) is 60.4 Å². The molecular weight excluding hydrogens is 399 g/mol. The van der Waals surface area contributed by atoms with Crippen molar-refractivity contribution in [3.8, 4) is 11.5 Å². The van der Waals surface area contributed by atoms with Gasteiger partial charge in [-0.1, -0.05) is 36.4 Å². The van der Waals surface area contributed by atoms with Gasteiger partial charge in [-0.15, -0.1) is 0 Å². The highest BCUT2D eigenvalue weighted by molar-refractivity contribution is 7.80. The number of halogens is 1. The average molecular weight is 425 g/mol. The van der Waals surface area contributed by atoms with Gasteiger partial charge in [0.25, 0.3) is 0 Å². The zero-order valence-electron chi connectivity index (χ0n) is 17.3. The molecule has 0 radical (unpaired) electrons. The topological polar surface area (TPSA) is 33.7 Å². The lowest BCUT2D eigenvalue weighted by molar-refractivity contribution is 0.399. The van der Waals surface area contributed by atoms with Gasteiger partial charge < -0.3 is 19.7 Å². The number of benzene rings is 3. The second kappa shape index (κ2) is 10.1. The van der Waals surface area contributed by atoms with E-state index in [9.17, 15) is 4.39 Å². The smallest absolute Gasteiger partial charge is 0.174 e. The van der Waals surface area contributed by atoms with E-state index in [0.717, 1.165) is 22.6 Å². The summed E-state index contributed by atoms with van der Waals surface area (Å²) in [5, 5.41) is 3.75. The SMILES string of the molecule is COc1ccc(CN(Cc2ccccc2F)C(=S)Nc2cc(C)ccc2OC)cc1. The fourth-order valence-electron chi connectivity index (χ4n) is 3.10. The van der Waals surface area contributed by atoms with E-state index in [1.54, 1.807) is 26.4 Å². The molecule has 4 nitrogen and oxygen atoms in total. The molecule has 0 saturated carbocycles. The molecule has 0 spiro atoms. The van der Waals surface area contributed by atoms with Crippen LogP contribution in [0.3, 0.4) is 0 Å². The van der Waals surface area contributed by atoms with Crippen LogP contribution in [0.2, 0.25) is 0 Å². The number of methoxy groups -OCH3 is 2. The van der Waals surface area contributed by atoms with Gasteiger partial charge in [-0.25, -0.2) is 4.39 Å². The zero-order chi connectivity index (χ0) is 21.5. The lowest BCUT2D eigenvalue weighted by Gasteiger charge is -2.27. The summed E-state index contributed by atoms with van der Waals surface area (Å²) in [6.45, 7) is 2.85. The van der Waals surface area contributed by atoms with E-state index in [2.05, 4.69) is 5.32 Å². The average Bonchev–Trinajstić information content (AvgIpc) is 2.75. The minimum absolute atomic E-state index is 0.256. The molecule has 3 rings (SSSR count). The van der Waals surface area contributed by atoms with Crippen LogP contribution in [0.15, 0.2) is 66.7 Å². The Morgan fingerprint density at radius 1 is 0.967 bits per heavy atom. The number of hydrogen-bond acceptors (Lipinski definition) is 3. The molecule has 0 fully saturated rings. The van der Waals surface area contributed by atoms with Gasteiger partial charge >= 0.3 is 0 Å². The molecule has 0 aromatic heterocycles. The minimum Gasteiger partial charge on any atom is -0.497 e. The van der Waals surface area contributed by atoms with Crippen LogP contribution in [0.5, 0.6) is 11.5 Å². The van der Waals surface area contributed by atoms with Gasteiger partial charge in [0, 0.05) is 18.7 Å². The number of nitrogens with one attached hydrogen (secondary N) is 1. The van der Waals surface area contributed by atoms with Gasteiger partial charge in [0.15, 0.2) is 5.11 Å². The van der Waals surface area contributed by atoms with Gasteiger partial charge in [0.1, 0.15) is 17.3 Å². The molecule has 0 heterocycles. The largest absolute Gasteiger partial charge is 0.497 e. The molecule has 3 aromatic rings. The molecule has 0 aliphatic carbocycles. The molecule has 1 N–H and O–H groups in total. The van der Waals surface area contributed by atoms with Crippen molar-refractivity contribution >= 4 is 23.0 Å². The molecule has 6 heteroatoms. The number of thiocarbonyl (C=S) groups is 1. The first kappa shape index (κ1) is 21.6. The quantitative estimate of drug-likeness (QED) is 0.503. The summed E-state index contributed by atoms with van der Waals surface area (Å²) in [6, 6.07) is 20.3. The monoisotopic (exact) mass is 424 g/mol. The summed E-state index contributed by atoms with van der Waals surface area (Å²) in [4.78, 5) is 1.93. The number of ether oxygens (including phenoxy) is 2.